The highest BCUT2D eigenvalue weighted by molar-refractivity contribution is 5.42. The molecule has 1 saturated carbocycles. The molecule has 100 valence electrons. The molecule has 1 aromatic heterocycles. The number of aryl methyl sites for hydroxylation is 2. The topological polar surface area (TPSA) is 29.9 Å². The fourth-order valence-corrected chi connectivity index (χ4v) is 2.50. The summed E-state index contributed by atoms with van der Waals surface area (Å²) in [5.74, 6) is 0. The lowest BCUT2D eigenvalue weighted by molar-refractivity contribution is 0.682. The molecule has 3 rings (SSSR count). The molecule has 0 bridgehead atoms. The molecule has 1 aliphatic rings. The summed E-state index contributed by atoms with van der Waals surface area (Å²) in [4.78, 5) is 0. The quantitative estimate of drug-likeness (QED) is 0.910. The highest BCUT2D eigenvalue weighted by Crippen LogP contribution is 2.23. The van der Waals surface area contributed by atoms with Crippen LogP contribution in [0.4, 0.5) is 0 Å². The molecular weight excluding hydrogens is 234 g/mol. The van der Waals surface area contributed by atoms with Crippen LogP contribution in [0.1, 0.15) is 35.4 Å². The SMILES string of the molecule is Cc1ccccc1-n1nc(C)c(CNC2CC2)c1C. The molecular formula is C16H21N3. The molecule has 0 unspecified atom stereocenters. The van der Waals surface area contributed by atoms with Gasteiger partial charge >= 0.3 is 0 Å². The number of nitrogens with one attached hydrogen (secondary N) is 1. The molecule has 1 aliphatic carbocycles. The molecule has 0 saturated heterocycles. The van der Waals surface area contributed by atoms with Crippen LogP contribution >= 0.6 is 0 Å². The summed E-state index contributed by atoms with van der Waals surface area (Å²) in [6, 6.07) is 9.14. The number of hydrogen-bond donors (Lipinski definition) is 1. The van der Waals surface area contributed by atoms with Gasteiger partial charge in [0.1, 0.15) is 0 Å². The predicted molar refractivity (Wildman–Crippen MR) is 77.6 cm³/mol. The maximum absolute atomic E-state index is 4.72. The van der Waals surface area contributed by atoms with Gasteiger partial charge in [0.05, 0.1) is 11.4 Å². The molecule has 0 spiro atoms. The molecule has 1 fully saturated rings. The molecule has 1 N–H and O–H groups in total. The third-order valence-corrected chi connectivity index (χ3v) is 3.93. The molecule has 0 radical (unpaired) electrons. The molecule has 1 aromatic carbocycles. The van der Waals surface area contributed by atoms with Crippen LogP contribution in [-0.2, 0) is 6.54 Å². The van der Waals surface area contributed by atoms with Crippen LogP contribution in [0.3, 0.4) is 0 Å². The number of aromatic nitrogens is 2. The van der Waals surface area contributed by atoms with E-state index in [-0.39, 0.29) is 0 Å². The van der Waals surface area contributed by atoms with E-state index in [2.05, 4.69) is 55.0 Å². The summed E-state index contributed by atoms with van der Waals surface area (Å²) < 4.78 is 2.08. The maximum Gasteiger partial charge on any atom is 0.0678 e. The monoisotopic (exact) mass is 255 g/mol. The van der Waals surface area contributed by atoms with Crippen molar-refractivity contribution in [3.8, 4) is 5.69 Å². The van der Waals surface area contributed by atoms with Gasteiger partial charge in [0, 0.05) is 23.8 Å². The van der Waals surface area contributed by atoms with Gasteiger partial charge in [-0.2, -0.15) is 5.10 Å². The van der Waals surface area contributed by atoms with Gasteiger partial charge in [-0.3, -0.25) is 0 Å². The Bertz CT molecular complexity index is 594. The second-order valence-corrected chi connectivity index (χ2v) is 5.50. The van der Waals surface area contributed by atoms with Crippen LogP contribution < -0.4 is 5.32 Å². The Morgan fingerprint density at radius 1 is 1.21 bits per heavy atom. The van der Waals surface area contributed by atoms with Crippen LogP contribution in [0.15, 0.2) is 24.3 Å². The average molecular weight is 255 g/mol. The summed E-state index contributed by atoms with van der Waals surface area (Å²) in [5.41, 5.74) is 6.17. The number of nitrogens with zero attached hydrogens (tertiary/aromatic N) is 2. The first-order valence-electron chi connectivity index (χ1n) is 7.01. The first-order valence-corrected chi connectivity index (χ1v) is 7.01. The van der Waals surface area contributed by atoms with Crippen molar-refractivity contribution < 1.29 is 0 Å². The predicted octanol–water partition coefficient (Wildman–Crippen LogP) is 3.05. The van der Waals surface area contributed by atoms with E-state index in [1.807, 2.05) is 0 Å². The molecule has 3 heteroatoms. The van der Waals surface area contributed by atoms with Gasteiger partial charge in [0.15, 0.2) is 0 Å². The van der Waals surface area contributed by atoms with E-state index in [1.165, 1.54) is 35.3 Å². The first-order chi connectivity index (χ1) is 9.16. The van der Waals surface area contributed by atoms with Crippen molar-refractivity contribution in [2.45, 2.75) is 46.2 Å². The van der Waals surface area contributed by atoms with E-state index in [4.69, 9.17) is 5.10 Å². The van der Waals surface area contributed by atoms with Crippen LogP contribution in [-0.4, -0.2) is 15.8 Å². The van der Waals surface area contributed by atoms with E-state index >= 15 is 0 Å². The van der Waals surface area contributed by atoms with Gasteiger partial charge < -0.3 is 5.32 Å². The second-order valence-electron chi connectivity index (χ2n) is 5.50. The van der Waals surface area contributed by atoms with Crippen molar-refractivity contribution in [3.05, 3.63) is 46.8 Å². The van der Waals surface area contributed by atoms with Crippen molar-refractivity contribution in [3.63, 3.8) is 0 Å². The van der Waals surface area contributed by atoms with Gasteiger partial charge in [-0.05, 0) is 45.2 Å². The van der Waals surface area contributed by atoms with Gasteiger partial charge in [0.25, 0.3) is 0 Å². The number of rotatable bonds is 4. The second kappa shape index (κ2) is 4.82. The zero-order chi connectivity index (χ0) is 13.4. The molecule has 0 aliphatic heterocycles. The number of benzene rings is 1. The lowest BCUT2D eigenvalue weighted by Crippen LogP contribution is -2.16. The summed E-state index contributed by atoms with van der Waals surface area (Å²) >= 11 is 0. The van der Waals surface area contributed by atoms with E-state index in [0.717, 1.165) is 18.3 Å². The smallest absolute Gasteiger partial charge is 0.0678 e. The average Bonchev–Trinajstić information content (AvgIpc) is 3.17. The lowest BCUT2D eigenvalue weighted by atomic mass is 10.1. The third kappa shape index (κ3) is 2.43. The summed E-state index contributed by atoms with van der Waals surface area (Å²) in [7, 11) is 0. The molecule has 2 aromatic rings. The third-order valence-electron chi connectivity index (χ3n) is 3.93. The molecule has 0 amide bonds. The molecule has 3 nitrogen and oxygen atoms in total. The summed E-state index contributed by atoms with van der Waals surface area (Å²) in [6.45, 7) is 7.34. The van der Waals surface area contributed by atoms with E-state index in [0.29, 0.717) is 0 Å². The minimum absolute atomic E-state index is 0.737. The van der Waals surface area contributed by atoms with Crippen LogP contribution in [0.5, 0.6) is 0 Å². The minimum Gasteiger partial charge on any atom is -0.310 e. The maximum atomic E-state index is 4.72. The number of para-hydroxylation sites is 1. The Kier molecular flexibility index (Phi) is 3.15. The van der Waals surface area contributed by atoms with Gasteiger partial charge in [-0.25, -0.2) is 4.68 Å². The standard InChI is InChI=1S/C16H21N3/c1-11-6-4-5-7-16(11)19-13(3)15(12(2)18-19)10-17-14-8-9-14/h4-7,14,17H,8-10H2,1-3H3. The van der Waals surface area contributed by atoms with Crippen molar-refractivity contribution in [1.82, 2.24) is 15.1 Å². The lowest BCUT2D eigenvalue weighted by Gasteiger charge is -2.08. The largest absolute Gasteiger partial charge is 0.310 e. The Morgan fingerprint density at radius 3 is 2.63 bits per heavy atom. The number of hydrogen-bond acceptors (Lipinski definition) is 2. The van der Waals surface area contributed by atoms with E-state index in [9.17, 15) is 0 Å². The van der Waals surface area contributed by atoms with Crippen molar-refractivity contribution in [1.29, 1.82) is 0 Å². The Hall–Kier alpha value is -1.61. The highest BCUT2D eigenvalue weighted by Gasteiger charge is 2.22. The fraction of sp³-hybridized carbons (Fsp3) is 0.438. The molecule has 19 heavy (non-hydrogen) atoms. The van der Waals surface area contributed by atoms with Crippen LogP contribution in [0, 0.1) is 20.8 Å². The normalized spacial score (nSPS) is 14.9. The fourth-order valence-electron chi connectivity index (χ4n) is 2.50. The van der Waals surface area contributed by atoms with Crippen molar-refractivity contribution in [2.75, 3.05) is 0 Å². The Labute approximate surface area is 114 Å². The molecule has 1 heterocycles. The van der Waals surface area contributed by atoms with E-state index < -0.39 is 0 Å². The van der Waals surface area contributed by atoms with Crippen LogP contribution in [0.25, 0.3) is 5.69 Å². The van der Waals surface area contributed by atoms with Gasteiger partial charge in [-0.1, -0.05) is 18.2 Å². The minimum atomic E-state index is 0.737. The zero-order valence-corrected chi connectivity index (χ0v) is 11.9. The van der Waals surface area contributed by atoms with Crippen molar-refractivity contribution >= 4 is 0 Å². The summed E-state index contributed by atoms with van der Waals surface area (Å²) in [5, 5.41) is 8.30. The zero-order valence-electron chi connectivity index (χ0n) is 11.9. The first kappa shape index (κ1) is 12.4. The summed E-state index contributed by atoms with van der Waals surface area (Å²) in [6.07, 6.45) is 2.65. The van der Waals surface area contributed by atoms with Crippen LogP contribution in [0.2, 0.25) is 0 Å². The van der Waals surface area contributed by atoms with E-state index in [1.54, 1.807) is 0 Å². The van der Waals surface area contributed by atoms with Gasteiger partial charge in [-0.15, -0.1) is 0 Å². The highest BCUT2D eigenvalue weighted by atomic mass is 15.3. The van der Waals surface area contributed by atoms with Gasteiger partial charge in [0.2, 0.25) is 0 Å². The Balaban J connectivity index is 1.94. The van der Waals surface area contributed by atoms with Crippen molar-refractivity contribution in [2.24, 2.45) is 0 Å². The molecule has 0 atom stereocenters. The Morgan fingerprint density at radius 2 is 1.95 bits per heavy atom.